The highest BCUT2D eigenvalue weighted by Gasteiger charge is 2.08. The third kappa shape index (κ3) is 3.15. The molecule has 0 aliphatic carbocycles. The van der Waals surface area contributed by atoms with E-state index in [-0.39, 0.29) is 5.82 Å². The van der Waals surface area contributed by atoms with E-state index in [9.17, 15) is 4.39 Å². The summed E-state index contributed by atoms with van der Waals surface area (Å²) in [6, 6.07) is 9.19. The van der Waals surface area contributed by atoms with Crippen molar-refractivity contribution in [1.29, 1.82) is 0 Å². The van der Waals surface area contributed by atoms with Gasteiger partial charge in [-0.2, -0.15) is 0 Å². The van der Waals surface area contributed by atoms with Crippen molar-refractivity contribution in [2.24, 2.45) is 0 Å². The predicted octanol–water partition coefficient (Wildman–Crippen LogP) is 4.43. The number of nitrogens with one attached hydrogen (secondary N) is 1. The zero-order chi connectivity index (χ0) is 12.3. The summed E-state index contributed by atoms with van der Waals surface area (Å²) in [5.41, 5.74) is 0.668. The molecule has 1 aromatic carbocycles. The molecular formula is C13H13BrFNS. The maximum atomic E-state index is 13.8. The first kappa shape index (κ1) is 12.7. The van der Waals surface area contributed by atoms with Crippen LogP contribution in [-0.4, -0.2) is 6.54 Å². The van der Waals surface area contributed by atoms with Crippen LogP contribution in [0.5, 0.6) is 0 Å². The molecule has 0 aliphatic heterocycles. The van der Waals surface area contributed by atoms with E-state index >= 15 is 0 Å². The normalized spacial score (nSPS) is 10.8. The van der Waals surface area contributed by atoms with E-state index in [0.717, 1.165) is 22.4 Å². The minimum Gasteiger partial charge on any atom is -0.312 e. The summed E-state index contributed by atoms with van der Waals surface area (Å²) in [6.45, 7) is 3.86. The number of rotatable bonds is 4. The first-order valence-corrected chi connectivity index (χ1v) is 7.06. The van der Waals surface area contributed by atoms with Crippen LogP contribution in [0.3, 0.4) is 0 Å². The van der Waals surface area contributed by atoms with Gasteiger partial charge in [-0.3, -0.25) is 0 Å². The smallest absolute Gasteiger partial charge is 0.132 e. The fourth-order valence-electron chi connectivity index (χ4n) is 1.56. The van der Waals surface area contributed by atoms with E-state index in [4.69, 9.17) is 0 Å². The Morgan fingerprint density at radius 1 is 1.29 bits per heavy atom. The van der Waals surface area contributed by atoms with Crippen molar-refractivity contribution in [3.05, 3.63) is 45.5 Å². The van der Waals surface area contributed by atoms with E-state index in [1.165, 1.54) is 10.9 Å². The zero-order valence-corrected chi connectivity index (χ0v) is 11.9. The molecule has 1 N–H and O–H groups in total. The molecule has 2 rings (SSSR count). The SMILES string of the molecule is CCNCc1ccc(-c2ccc(Br)cc2F)s1. The molecule has 1 heterocycles. The fraction of sp³-hybridized carbons (Fsp3) is 0.231. The molecular weight excluding hydrogens is 301 g/mol. The second-order valence-electron chi connectivity index (χ2n) is 3.67. The summed E-state index contributed by atoms with van der Waals surface area (Å²) in [7, 11) is 0. The summed E-state index contributed by atoms with van der Waals surface area (Å²) < 4.78 is 14.5. The van der Waals surface area contributed by atoms with Gasteiger partial charge in [0.15, 0.2) is 0 Å². The van der Waals surface area contributed by atoms with E-state index in [0.29, 0.717) is 5.56 Å². The van der Waals surface area contributed by atoms with Crippen LogP contribution in [0.1, 0.15) is 11.8 Å². The molecule has 0 radical (unpaired) electrons. The molecule has 0 spiro atoms. The Labute approximate surface area is 113 Å². The van der Waals surface area contributed by atoms with Crippen molar-refractivity contribution >= 4 is 27.3 Å². The largest absolute Gasteiger partial charge is 0.312 e. The van der Waals surface area contributed by atoms with Crippen LogP contribution in [-0.2, 0) is 6.54 Å². The predicted molar refractivity (Wildman–Crippen MR) is 74.8 cm³/mol. The lowest BCUT2D eigenvalue weighted by atomic mass is 10.2. The minimum absolute atomic E-state index is 0.184. The van der Waals surface area contributed by atoms with Crippen LogP contribution in [0.2, 0.25) is 0 Å². The Hall–Kier alpha value is -0.710. The van der Waals surface area contributed by atoms with E-state index < -0.39 is 0 Å². The summed E-state index contributed by atoms with van der Waals surface area (Å²) in [5.74, 6) is -0.184. The third-order valence-corrected chi connectivity index (χ3v) is 4.02. The topological polar surface area (TPSA) is 12.0 Å². The first-order chi connectivity index (χ1) is 8.20. The fourth-order valence-corrected chi connectivity index (χ4v) is 2.89. The number of benzene rings is 1. The molecule has 2 aromatic rings. The molecule has 0 aliphatic rings. The van der Waals surface area contributed by atoms with E-state index in [1.807, 2.05) is 24.3 Å². The Bertz CT molecular complexity index is 510. The molecule has 0 bridgehead atoms. The van der Waals surface area contributed by atoms with Gasteiger partial charge in [-0.05, 0) is 36.9 Å². The minimum atomic E-state index is -0.184. The molecule has 0 saturated heterocycles. The Balaban J connectivity index is 2.24. The van der Waals surface area contributed by atoms with Crippen LogP contribution in [0.25, 0.3) is 10.4 Å². The molecule has 4 heteroatoms. The standard InChI is InChI=1S/C13H13BrFNS/c1-2-16-8-10-4-6-13(17-10)11-5-3-9(14)7-12(11)15/h3-7,16H,2,8H2,1H3. The second-order valence-corrected chi connectivity index (χ2v) is 5.75. The molecule has 0 unspecified atom stereocenters. The van der Waals surface area contributed by atoms with Gasteiger partial charge in [0.1, 0.15) is 5.82 Å². The number of halogens is 2. The van der Waals surface area contributed by atoms with Crippen LogP contribution in [0.4, 0.5) is 4.39 Å². The lowest BCUT2D eigenvalue weighted by Gasteiger charge is -2.00. The monoisotopic (exact) mass is 313 g/mol. The molecule has 0 fully saturated rings. The molecule has 0 amide bonds. The van der Waals surface area contributed by atoms with Crippen molar-refractivity contribution in [2.75, 3.05) is 6.54 Å². The van der Waals surface area contributed by atoms with Crippen molar-refractivity contribution < 1.29 is 4.39 Å². The average molecular weight is 314 g/mol. The van der Waals surface area contributed by atoms with Crippen molar-refractivity contribution in [2.45, 2.75) is 13.5 Å². The highest BCUT2D eigenvalue weighted by atomic mass is 79.9. The molecule has 90 valence electrons. The van der Waals surface area contributed by atoms with Gasteiger partial charge >= 0.3 is 0 Å². The van der Waals surface area contributed by atoms with Gasteiger partial charge in [0.2, 0.25) is 0 Å². The quantitative estimate of drug-likeness (QED) is 0.880. The van der Waals surface area contributed by atoms with E-state index in [1.54, 1.807) is 11.3 Å². The number of thiophene rings is 1. The maximum absolute atomic E-state index is 13.8. The van der Waals surface area contributed by atoms with E-state index in [2.05, 4.69) is 28.2 Å². The van der Waals surface area contributed by atoms with Gasteiger partial charge in [0.25, 0.3) is 0 Å². The second kappa shape index (κ2) is 5.76. The first-order valence-electron chi connectivity index (χ1n) is 5.45. The molecule has 1 aromatic heterocycles. The van der Waals surface area contributed by atoms with Crippen LogP contribution in [0.15, 0.2) is 34.8 Å². The summed E-state index contributed by atoms with van der Waals surface area (Å²) >= 11 is 4.89. The van der Waals surface area contributed by atoms with Crippen molar-refractivity contribution in [1.82, 2.24) is 5.32 Å². The van der Waals surface area contributed by atoms with Crippen LogP contribution >= 0.6 is 27.3 Å². The lowest BCUT2D eigenvalue weighted by Crippen LogP contribution is -2.10. The summed E-state index contributed by atoms with van der Waals surface area (Å²) in [5, 5.41) is 3.26. The van der Waals surface area contributed by atoms with Gasteiger partial charge in [0.05, 0.1) is 0 Å². The average Bonchev–Trinajstić information content (AvgIpc) is 2.75. The van der Waals surface area contributed by atoms with Gasteiger partial charge in [-0.25, -0.2) is 4.39 Å². The Morgan fingerprint density at radius 3 is 2.82 bits per heavy atom. The van der Waals surface area contributed by atoms with Crippen LogP contribution < -0.4 is 5.32 Å². The third-order valence-electron chi connectivity index (χ3n) is 2.41. The number of hydrogen-bond acceptors (Lipinski definition) is 2. The number of hydrogen-bond donors (Lipinski definition) is 1. The summed E-state index contributed by atoms with van der Waals surface area (Å²) in [4.78, 5) is 2.20. The highest BCUT2D eigenvalue weighted by Crippen LogP contribution is 2.31. The summed E-state index contributed by atoms with van der Waals surface area (Å²) in [6.07, 6.45) is 0. The Morgan fingerprint density at radius 2 is 2.12 bits per heavy atom. The molecule has 0 saturated carbocycles. The highest BCUT2D eigenvalue weighted by molar-refractivity contribution is 9.10. The van der Waals surface area contributed by atoms with Gasteiger partial charge in [-0.1, -0.05) is 22.9 Å². The van der Waals surface area contributed by atoms with Gasteiger partial charge in [0, 0.05) is 26.3 Å². The van der Waals surface area contributed by atoms with Crippen molar-refractivity contribution in [3.63, 3.8) is 0 Å². The van der Waals surface area contributed by atoms with Gasteiger partial charge < -0.3 is 5.32 Å². The Kier molecular flexibility index (Phi) is 4.31. The molecule has 0 atom stereocenters. The molecule has 17 heavy (non-hydrogen) atoms. The van der Waals surface area contributed by atoms with Crippen LogP contribution in [0, 0.1) is 5.82 Å². The lowest BCUT2D eigenvalue weighted by molar-refractivity contribution is 0.631. The van der Waals surface area contributed by atoms with Gasteiger partial charge in [-0.15, -0.1) is 11.3 Å². The zero-order valence-electron chi connectivity index (χ0n) is 9.47. The molecule has 1 nitrogen and oxygen atoms in total. The van der Waals surface area contributed by atoms with Crippen molar-refractivity contribution in [3.8, 4) is 10.4 Å². The maximum Gasteiger partial charge on any atom is 0.132 e.